The summed E-state index contributed by atoms with van der Waals surface area (Å²) < 4.78 is 13.4. The predicted molar refractivity (Wildman–Crippen MR) is 134 cm³/mol. The molecular formula is C23H31FIN5O. The molecule has 1 saturated heterocycles. The van der Waals surface area contributed by atoms with Crippen LogP contribution in [0.2, 0.25) is 0 Å². The zero-order valence-corrected chi connectivity index (χ0v) is 20.4. The number of urea groups is 1. The van der Waals surface area contributed by atoms with E-state index < -0.39 is 0 Å². The van der Waals surface area contributed by atoms with Crippen molar-refractivity contribution in [1.29, 1.82) is 0 Å². The van der Waals surface area contributed by atoms with Gasteiger partial charge in [0.25, 0.3) is 0 Å². The summed E-state index contributed by atoms with van der Waals surface area (Å²) in [6.07, 6.45) is 2.14. The SMILES string of the molecule is CCNC(=NCc1cccc(NC(=O)N2CCCC2)c1)NCc1ccc(F)c(C)c1.I. The topological polar surface area (TPSA) is 68.8 Å². The highest BCUT2D eigenvalue weighted by Gasteiger charge is 2.17. The lowest BCUT2D eigenvalue weighted by Crippen LogP contribution is -2.36. The fourth-order valence-corrected chi connectivity index (χ4v) is 3.38. The van der Waals surface area contributed by atoms with Crippen LogP contribution in [-0.4, -0.2) is 36.5 Å². The third-order valence-corrected chi connectivity index (χ3v) is 5.02. The molecular weight excluding hydrogens is 508 g/mol. The number of aliphatic imine (C=N–C) groups is 1. The highest BCUT2D eigenvalue weighted by Crippen LogP contribution is 2.15. The van der Waals surface area contributed by atoms with Gasteiger partial charge in [0, 0.05) is 31.9 Å². The van der Waals surface area contributed by atoms with E-state index in [0.717, 1.165) is 49.3 Å². The Bertz CT molecular complexity index is 899. The van der Waals surface area contributed by atoms with E-state index in [-0.39, 0.29) is 35.8 Å². The molecule has 0 spiro atoms. The zero-order valence-electron chi connectivity index (χ0n) is 18.1. The van der Waals surface area contributed by atoms with Crippen molar-refractivity contribution in [3.8, 4) is 0 Å². The van der Waals surface area contributed by atoms with Crippen LogP contribution in [0.5, 0.6) is 0 Å². The molecule has 2 amide bonds. The smallest absolute Gasteiger partial charge is 0.321 e. The lowest BCUT2D eigenvalue weighted by atomic mass is 10.1. The van der Waals surface area contributed by atoms with Gasteiger partial charge in [0.1, 0.15) is 5.82 Å². The maximum absolute atomic E-state index is 13.4. The first-order chi connectivity index (χ1) is 14.5. The maximum Gasteiger partial charge on any atom is 0.321 e. The van der Waals surface area contributed by atoms with Crippen LogP contribution >= 0.6 is 24.0 Å². The molecule has 0 aromatic heterocycles. The van der Waals surface area contributed by atoms with Gasteiger partial charge in [-0.15, -0.1) is 24.0 Å². The third-order valence-electron chi connectivity index (χ3n) is 5.02. The number of benzene rings is 2. The summed E-state index contributed by atoms with van der Waals surface area (Å²) in [7, 11) is 0. The van der Waals surface area contributed by atoms with Crippen molar-refractivity contribution in [2.75, 3.05) is 25.0 Å². The Morgan fingerprint density at radius 1 is 1.10 bits per heavy atom. The van der Waals surface area contributed by atoms with E-state index in [1.54, 1.807) is 13.0 Å². The van der Waals surface area contributed by atoms with Gasteiger partial charge >= 0.3 is 6.03 Å². The third kappa shape index (κ3) is 7.68. The molecule has 0 unspecified atom stereocenters. The number of hydrogen-bond acceptors (Lipinski definition) is 2. The summed E-state index contributed by atoms with van der Waals surface area (Å²) >= 11 is 0. The normalized spacial score (nSPS) is 13.5. The number of anilines is 1. The number of aryl methyl sites for hydroxylation is 1. The number of nitrogens with zero attached hydrogens (tertiary/aromatic N) is 2. The minimum Gasteiger partial charge on any atom is -0.357 e. The molecule has 2 aromatic carbocycles. The van der Waals surface area contributed by atoms with Gasteiger partial charge in [-0.25, -0.2) is 14.2 Å². The molecule has 6 nitrogen and oxygen atoms in total. The van der Waals surface area contributed by atoms with Crippen molar-refractivity contribution in [3.05, 3.63) is 65.0 Å². The van der Waals surface area contributed by atoms with E-state index in [4.69, 9.17) is 0 Å². The van der Waals surface area contributed by atoms with Crippen LogP contribution in [-0.2, 0) is 13.1 Å². The average Bonchev–Trinajstić information content (AvgIpc) is 3.28. The molecule has 0 saturated carbocycles. The van der Waals surface area contributed by atoms with Gasteiger partial charge in [0.15, 0.2) is 5.96 Å². The number of likely N-dealkylation sites (tertiary alicyclic amines) is 1. The van der Waals surface area contributed by atoms with Crippen LogP contribution < -0.4 is 16.0 Å². The Balaban J connectivity index is 0.00000341. The van der Waals surface area contributed by atoms with E-state index in [9.17, 15) is 9.18 Å². The number of nitrogens with one attached hydrogen (secondary N) is 3. The van der Waals surface area contributed by atoms with Crippen molar-refractivity contribution >= 4 is 41.7 Å². The number of amides is 2. The molecule has 3 N–H and O–H groups in total. The van der Waals surface area contributed by atoms with Gasteiger partial charge in [-0.3, -0.25) is 0 Å². The van der Waals surface area contributed by atoms with Crippen molar-refractivity contribution in [1.82, 2.24) is 15.5 Å². The largest absolute Gasteiger partial charge is 0.357 e. The summed E-state index contributed by atoms with van der Waals surface area (Å²) in [5.41, 5.74) is 3.40. The number of guanidine groups is 1. The predicted octanol–water partition coefficient (Wildman–Crippen LogP) is 4.64. The van der Waals surface area contributed by atoms with Gasteiger partial charge in [-0.1, -0.05) is 24.3 Å². The Morgan fingerprint density at radius 2 is 1.87 bits per heavy atom. The number of hydrogen-bond donors (Lipinski definition) is 3. The second kappa shape index (κ2) is 12.5. The first-order valence-corrected chi connectivity index (χ1v) is 10.5. The molecule has 1 heterocycles. The standard InChI is InChI=1S/C23H30FN5O.HI/c1-3-25-22(27-16-19-9-10-21(24)17(2)13-19)26-15-18-7-6-8-20(14-18)28-23(30)29-11-4-5-12-29;/h6-10,13-14H,3-5,11-12,15-16H2,1-2H3,(H,28,30)(H2,25,26,27);1H. The highest BCUT2D eigenvalue weighted by molar-refractivity contribution is 14.0. The van der Waals surface area contributed by atoms with Crippen molar-refractivity contribution in [3.63, 3.8) is 0 Å². The van der Waals surface area contributed by atoms with E-state index in [2.05, 4.69) is 20.9 Å². The minimum absolute atomic E-state index is 0. The van der Waals surface area contributed by atoms with E-state index in [1.807, 2.05) is 42.2 Å². The van der Waals surface area contributed by atoms with Gasteiger partial charge in [0.2, 0.25) is 0 Å². The van der Waals surface area contributed by atoms with Crippen LogP contribution in [0.15, 0.2) is 47.5 Å². The Hall–Kier alpha value is -2.36. The molecule has 168 valence electrons. The summed E-state index contributed by atoms with van der Waals surface area (Å²) in [6.45, 7) is 7.17. The van der Waals surface area contributed by atoms with Gasteiger partial charge in [0.05, 0.1) is 6.54 Å². The molecule has 8 heteroatoms. The van der Waals surface area contributed by atoms with Crippen LogP contribution in [0.1, 0.15) is 36.5 Å². The summed E-state index contributed by atoms with van der Waals surface area (Å²) in [5.74, 6) is 0.488. The second-order valence-corrected chi connectivity index (χ2v) is 7.46. The lowest BCUT2D eigenvalue weighted by Gasteiger charge is -2.16. The fourth-order valence-electron chi connectivity index (χ4n) is 3.38. The summed E-state index contributed by atoms with van der Waals surface area (Å²) in [4.78, 5) is 18.8. The van der Waals surface area contributed by atoms with E-state index in [0.29, 0.717) is 24.6 Å². The molecule has 0 aliphatic carbocycles. The van der Waals surface area contributed by atoms with Crippen molar-refractivity contribution < 1.29 is 9.18 Å². The van der Waals surface area contributed by atoms with Crippen LogP contribution in [0.3, 0.4) is 0 Å². The zero-order chi connectivity index (χ0) is 21.3. The van der Waals surface area contributed by atoms with Crippen LogP contribution in [0.25, 0.3) is 0 Å². The summed E-state index contributed by atoms with van der Waals surface area (Å²) in [6, 6.07) is 12.8. The molecule has 1 fully saturated rings. The average molecular weight is 539 g/mol. The molecule has 2 aromatic rings. The van der Waals surface area contributed by atoms with Crippen LogP contribution in [0.4, 0.5) is 14.9 Å². The first-order valence-electron chi connectivity index (χ1n) is 10.5. The molecule has 0 bridgehead atoms. The monoisotopic (exact) mass is 539 g/mol. The molecule has 1 aliphatic heterocycles. The van der Waals surface area contributed by atoms with Gasteiger partial charge in [-0.2, -0.15) is 0 Å². The number of carbonyl (C=O) groups excluding carboxylic acids is 1. The molecule has 3 rings (SSSR count). The number of halogens is 2. The van der Waals surface area contributed by atoms with E-state index in [1.165, 1.54) is 6.07 Å². The first kappa shape index (κ1) is 24.9. The quantitative estimate of drug-likeness (QED) is 0.285. The highest BCUT2D eigenvalue weighted by atomic mass is 127. The number of rotatable bonds is 6. The Labute approximate surface area is 200 Å². The number of carbonyl (C=O) groups is 1. The molecule has 0 radical (unpaired) electrons. The van der Waals surface area contributed by atoms with Gasteiger partial charge in [-0.05, 0) is 61.6 Å². The second-order valence-electron chi connectivity index (χ2n) is 7.46. The van der Waals surface area contributed by atoms with Gasteiger partial charge < -0.3 is 20.9 Å². The Morgan fingerprint density at radius 3 is 2.58 bits per heavy atom. The fraction of sp³-hybridized carbons (Fsp3) is 0.391. The molecule has 0 atom stereocenters. The van der Waals surface area contributed by atoms with Crippen molar-refractivity contribution in [2.45, 2.75) is 39.8 Å². The summed E-state index contributed by atoms with van der Waals surface area (Å²) in [5, 5.41) is 9.47. The Kier molecular flexibility index (Phi) is 10.0. The van der Waals surface area contributed by atoms with E-state index >= 15 is 0 Å². The van der Waals surface area contributed by atoms with Crippen LogP contribution in [0, 0.1) is 12.7 Å². The molecule has 1 aliphatic rings. The molecule has 31 heavy (non-hydrogen) atoms. The lowest BCUT2D eigenvalue weighted by molar-refractivity contribution is 0.222. The van der Waals surface area contributed by atoms with Crippen molar-refractivity contribution in [2.24, 2.45) is 4.99 Å². The maximum atomic E-state index is 13.4. The minimum atomic E-state index is -0.198.